The normalized spacial score (nSPS) is 8.50. The monoisotopic (exact) mass is 117 g/mol. The number of aliphatic hydroxyl groups is 1. The van der Waals surface area contributed by atoms with Gasteiger partial charge in [0.15, 0.2) is 0 Å². The van der Waals surface area contributed by atoms with E-state index in [9.17, 15) is 0 Å². The molecule has 0 aromatic rings. The maximum atomic E-state index is 8.43. The van der Waals surface area contributed by atoms with Gasteiger partial charge in [0.1, 0.15) is 12.4 Å². The highest BCUT2D eigenvalue weighted by Gasteiger charge is 1.93. The largest absolute Gasteiger partial charge is 0.414 e. The average Bonchev–Trinajstić information content (AvgIpc) is 1.69. The fraction of sp³-hybridized carbons (Fsp3) is 0.600. The summed E-state index contributed by atoms with van der Waals surface area (Å²) in [4.78, 5) is 4.29. The van der Waals surface area contributed by atoms with Gasteiger partial charge in [-0.05, 0) is 19.4 Å². The summed E-state index contributed by atoms with van der Waals surface area (Å²) in [6.45, 7) is 3.51. The summed E-state index contributed by atoms with van der Waals surface area (Å²) >= 11 is 0. The molecule has 0 rings (SSSR count). The molecule has 3 N–H and O–H groups in total. The summed E-state index contributed by atoms with van der Waals surface area (Å²) in [7, 11) is 0. The van der Waals surface area contributed by atoms with Crippen molar-refractivity contribution >= 4 is 0 Å². The zero-order chi connectivity index (χ0) is 6.57. The van der Waals surface area contributed by atoms with Gasteiger partial charge in [-0.25, -0.2) is 0 Å². The molecule has 0 atom stereocenters. The lowest BCUT2D eigenvalue weighted by Crippen LogP contribution is -2.04. The second kappa shape index (κ2) is 3.46. The van der Waals surface area contributed by atoms with Gasteiger partial charge in [-0.2, -0.15) is 5.90 Å². The molecule has 3 heteroatoms. The first-order valence-corrected chi connectivity index (χ1v) is 2.36. The van der Waals surface area contributed by atoms with Gasteiger partial charge in [-0.15, -0.1) is 0 Å². The van der Waals surface area contributed by atoms with Gasteiger partial charge in [0.2, 0.25) is 0 Å². The SMILES string of the molecule is CC(C)=C(CO)ON. The molecule has 48 valence electrons. The highest BCUT2D eigenvalue weighted by Crippen LogP contribution is 1.99. The van der Waals surface area contributed by atoms with Crippen molar-refractivity contribution in [3.05, 3.63) is 11.3 Å². The third kappa shape index (κ3) is 1.95. The topological polar surface area (TPSA) is 55.5 Å². The number of hydrogen-bond acceptors (Lipinski definition) is 3. The molecule has 8 heavy (non-hydrogen) atoms. The summed E-state index contributed by atoms with van der Waals surface area (Å²) < 4.78 is 0. The van der Waals surface area contributed by atoms with Gasteiger partial charge >= 0.3 is 0 Å². The molecule has 0 aliphatic carbocycles. The minimum Gasteiger partial charge on any atom is -0.414 e. The lowest BCUT2D eigenvalue weighted by molar-refractivity contribution is 0.161. The molecule has 0 unspecified atom stereocenters. The predicted molar refractivity (Wildman–Crippen MR) is 30.7 cm³/mol. The van der Waals surface area contributed by atoms with E-state index in [0.717, 1.165) is 5.57 Å². The summed E-state index contributed by atoms with van der Waals surface area (Å²) in [5.74, 6) is 5.20. The minimum absolute atomic E-state index is 0.126. The van der Waals surface area contributed by atoms with Gasteiger partial charge in [-0.3, -0.25) is 0 Å². The number of allylic oxidation sites excluding steroid dienone is 1. The Morgan fingerprint density at radius 2 is 2.12 bits per heavy atom. The van der Waals surface area contributed by atoms with E-state index in [4.69, 9.17) is 11.0 Å². The fourth-order valence-electron chi connectivity index (χ4n) is 0.313. The van der Waals surface area contributed by atoms with E-state index in [0.29, 0.717) is 5.76 Å². The van der Waals surface area contributed by atoms with Crippen molar-refractivity contribution in [2.75, 3.05) is 6.61 Å². The molecular weight excluding hydrogens is 106 g/mol. The summed E-state index contributed by atoms with van der Waals surface area (Å²) in [5.41, 5.74) is 0.898. The molecule has 0 bridgehead atoms. The molecule has 0 fully saturated rings. The smallest absolute Gasteiger partial charge is 0.147 e. The summed E-state index contributed by atoms with van der Waals surface area (Å²) in [6.07, 6.45) is 0. The van der Waals surface area contributed by atoms with Crippen molar-refractivity contribution < 1.29 is 9.94 Å². The number of aliphatic hydroxyl groups excluding tert-OH is 1. The molecule has 0 aromatic heterocycles. The van der Waals surface area contributed by atoms with Crippen LogP contribution in [0.5, 0.6) is 0 Å². The second-order valence-electron chi connectivity index (χ2n) is 1.70. The van der Waals surface area contributed by atoms with E-state index in [2.05, 4.69) is 4.84 Å². The first-order valence-electron chi connectivity index (χ1n) is 2.36. The van der Waals surface area contributed by atoms with E-state index < -0.39 is 0 Å². The van der Waals surface area contributed by atoms with Gasteiger partial charge in [-0.1, -0.05) is 0 Å². The van der Waals surface area contributed by atoms with Crippen LogP contribution in [0.25, 0.3) is 0 Å². The van der Waals surface area contributed by atoms with Gasteiger partial charge < -0.3 is 9.94 Å². The Hall–Kier alpha value is -0.540. The van der Waals surface area contributed by atoms with Gasteiger partial charge in [0.05, 0.1) is 0 Å². The molecule has 0 spiro atoms. The second-order valence-corrected chi connectivity index (χ2v) is 1.70. The maximum absolute atomic E-state index is 8.43. The molecule has 0 amide bonds. The minimum atomic E-state index is -0.126. The Balaban J connectivity index is 3.86. The molecule has 0 radical (unpaired) electrons. The van der Waals surface area contributed by atoms with Crippen molar-refractivity contribution in [1.29, 1.82) is 0 Å². The van der Waals surface area contributed by atoms with E-state index in [1.165, 1.54) is 0 Å². The standard InChI is InChI=1S/C5H11NO2/c1-4(2)5(3-7)8-6/h7H,3,6H2,1-2H3. The molecule has 0 aliphatic heterocycles. The van der Waals surface area contributed by atoms with Crippen molar-refractivity contribution in [3.8, 4) is 0 Å². The first kappa shape index (κ1) is 7.46. The van der Waals surface area contributed by atoms with Crippen LogP contribution in [0.3, 0.4) is 0 Å². The van der Waals surface area contributed by atoms with Crippen molar-refractivity contribution in [2.24, 2.45) is 5.90 Å². The Morgan fingerprint density at radius 3 is 2.12 bits per heavy atom. The van der Waals surface area contributed by atoms with Crippen LogP contribution in [0, 0.1) is 0 Å². The van der Waals surface area contributed by atoms with Crippen LogP contribution in [0.1, 0.15) is 13.8 Å². The molecule has 0 heterocycles. The Kier molecular flexibility index (Phi) is 3.23. The third-order valence-electron chi connectivity index (χ3n) is 0.844. The average molecular weight is 117 g/mol. The maximum Gasteiger partial charge on any atom is 0.147 e. The molecular formula is C5H11NO2. The van der Waals surface area contributed by atoms with Crippen molar-refractivity contribution in [3.63, 3.8) is 0 Å². The first-order chi connectivity index (χ1) is 3.72. The molecule has 0 saturated heterocycles. The van der Waals surface area contributed by atoms with Crippen LogP contribution < -0.4 is 5.90 Å². The van der Waals surface area contributed by atoms with E-state index >= 15 is 0 Å². The lowest BCUT2D eigenvalue weighted by Gasteiger charge is -2.00. The van der Waals surface area contributed by atoms with Crippen LogP contribution in [0.2, 0.25) is 0 Å². The molecule has 0 saturated carbocycles. The molecule has 0 aliphatic rings. The van der Waals surface area contributed by atoms with Crippen LogP contribution in [-0.2, 0) is 4.84 Å². The quantitative estimate of drug-likeness (QED) is 0.400. The van der Waals surface area contributed by atoms with Gasteiger partial charge in [0.25, 0.3) is 0 Å². The lowest BCUT2D eigenvalue weighted by atomic mass is 10.3. The van der Waals surface area contributed by atoms with Crippen molar-refractivity contribution in [1.82, 2.24) is 0 Å². The summed E-state index contributed by atoms with van der Waals surface area (Å²) in [6, 6.07) is 0. The Morgan fingerprint density at radius 1 is 1.62 bits per heavy atom. The Bertz CT molecular complexity index is 88.6. The van der Waals surface area contributed by atoms with Crippen LogP contribution in [0.4, 0.5) is 0 Å². The number of hydrogen-bond donors (Lipinski definition) is 2. The van der Waals surface area contributed by atoms with Crippen LogP contribution >= 0.6 is 0 Å². The van der Waals surface area contributed by atoms with Crippen LogP contribution in [0.15, 0.2) is 11.3 Å². The fourth-order valence-corrected chi connectivity index (χ4v) is 0.313. The zero-order valence-corrected chi connectivity index (χ0v) is 5.14. The number of nitrogens with two attached hydrogens (primary N) is 1. The molecule has 0 aromatic carbocycles. The van der Waals surface area contributed by atoms with E-state index in [1.807, 2.05) is 13.8 Å². The van der Waals surface area contributed by atoms with E-state index in [1.54, 1.807) is 0 Å². The van der Waals surface area contributed by atoms with E-state index in [-0.39, 0.29) is 6.61 Å². The highest BCUT2D eigenvalue weighted by molar-refractivity contribution is 5.01. The third-order valence-corrected chi connectivity index (χ3v) is 0.844. The predicted octanol–water partition coefficient (Wildman–Crippen LogP) is 0.163. The van der Waals surface area contributed by atoms with Gasteiger partial charge in [0, 0.05) is 0 Å². The zero-order valence-electron chi connectivity index (χ0n) is 5.14. The Labute approximate surface area is 48.7 Å². The van der Waals surface area contributed by atoms with Crippen LogP contribution in [-0.4, -0.2) is 11.7 Å². The van der Waals surface area contributed by atoms with Crippen molar-refractivity contribution in [2.45, 2.75) is 13.8 Å². The summed E-state index contributed by atoms with van der Waals surface area (Å²) in [5, 5.41) is 8.43. The molecule has 3 nitrogen and oxygen atoms in total. The number of rotatable bonds is 2. The highest BCUT2D eigenvalue weighted by atomic mass is 16.6.